The van der Waals surface area contributed by atoms with Crippen molar-refractivity contribution >= 4 is 22.5 Å². The maximum atomic E-state index is 12.2. The van der Waals surface area contributed by atoms with Gasteiger partial charge in [0.25, 0.3) is 0 Å². The molecule has 3 aromatic rings. The molecule has 1 unspecified atom stereocenters. The van der Waals surface area contributed by atoms with E-state index >= 15 is 0 Å². The van der Waals surface area contributed by atoms with Crippen molar-refractivity contribution in [2.45, 2.75) is 18.9 Å². The van der Waals surface area contributed by atoms with Crippen molar-refractivity contribution in [3.63, 3.8) is 0 Å². The van der Waals surface area contributed by atoms with E-state index in [1.165, 1.54) is 0 Å². The smallest absolute Gasteiger partial charge is 0.220 e. The lowest BCUT2D eigenvalue weighted by molar-refractivity contribution is -0.121. The van der Waals surface area contributed by atoms with Gasteiger partial charge in [0.1, 0.15) is 5.75 Å². The van der Waals surface area contributed by atoms with Crippen LogP contribution in [0.15, 0.2) is 66.7 Å². The van der Waals surface area contributed by atoms with E-state index in [2.05, 4.69) is 5.32 Å². The van der Waals surface area contributed by atoms with E-state index in [4.69, 9.17) is 4.74 Å². The monoisotopic (exact) mass is 377 g/mol. The predicted molar refractivity (Wildman–Crippen MR) is 108 cm³/mol. The van der Waals surface area contributed by atoms with Gasteiger partial charge in [-0.1, -0.05) is 36.4 Å². The van der Waals surface area contributed by atoms with Crippen molar-refractivity contribution in [3.8, 4) is 5.75 Å². The SMILES string of the molecule is COc1ccc(C(=O)CCC(=O)NCC(O)c2ccc3ccccc3c2)cc1. The zero-order valence-electron chi connectivity index (χ0n) is 15.7. The lowest BCUT2D eigenvalue weighted by atomic mass is 10.0. The molecule has 3 aromatic carbocycles. The quantitative estimate of drug-likeness (QED) is 0.588. The normalized spacial score (nSPS) is 11.8. The Morgan fingerprint density at radius 1 is 0.964 bits per heavy atom. The Morgan fingerprint density at radius 2 is 1.68 bits per heavy atom. The third-order valence-electron chi connectivity index (χ3n) is 4.64. The molecule has 0 aliphatic rings. The summed E-state index contributed by atoms with van der Waals surface area (Å²) in [6.07, 6.45) is -0.606. The molecule has 0 spiro atoms. The Kier molecular flexibility index (Phi) is 6.40. The van der Waals surface area contributed by atoms with Gasteiger partial charge in [-0.3, -0.25) is 9.59 Å². The summed E-state index contributed by atoms with van der Waals surface area (Å²) >= 11 is 0. The average molecular weight is 377 g/mol. The molecule has 5 heteroatoms. The van der Waals surface area contributed by atoms with E-state index in [0.717, 1.165) is 16.3 Å². The Balaban J connectivity index is 1.48. The van der Waals surface area contributed by atoms with Crippen LogP contribution in [0.1, 0.15) is 34.9 Å². The van der Waals surface area contributed by atoms with Crippen molar-refractivity contribution in [1.29, 1.82) is 0 Å². The standard InChI is InChI=1S/C23H23NO4/c1-28-20-10-8-17(9-11-20)21(25)12-13-23(27)24-15-22(26)19-7-6-16-4-2-3-5-18(16)14-19/h2-11,14,22,26H,12-13,15H2,1H3,(H,24,27). The minimum absolute atomic E-state index is 0.0787. The summed E-state index contributed by atoms with van der Waals surface area (Å²) in [5.74, 6) is 0.312. The van der Waals surface area contributed by atoms with Crippen molar-refractivity contribution in [3.05, 3.63) is 77.9 Å². The average Bonchev–Trinajstić information content (AvgIpc) is 2.75. The molecule has 3 rings (SSSR count). The number of hydrogen-bond donors (Lipinski definition) is 2. The molecule has 5 nitrogen and oxygen atoms in total. The highest BCUT2D eigenvalue weighted by Gasteiger charge is 2.12. The highest BCUT2D eigenvalue weighted by atomic mass is 16.5. The van der Waals surface area contributed by atoms with Crippen LogP contribution in [0, 0.1) is 0 Å². The molecule has 0 fully saturated rings. The molecule has 0 saturated heterocycles. The zero-order chi connectivity index (χ0) is 19.9. The third kappa shape index (κ3) is 4.96. The first-order valence-electron chi connectivity index (χ1n) is 9.17. The topological polar surface area (TPSA) is 75.6 Å². The first kappa shape index (κ1) is 19.6. The minimum Gasteiger partial charge on any atom is -0.497 e. The number of methoxy groups -OCH3 is 1. The minimum atomic E-state index is -0.800. The summed E-state index contributed by atoms with van der Waals surface area (Å²) in [7, 11) is 1.56. The largest absolute Gasteiger partial charge is 0.497 e. The number of rotatable bonds is 8. The molecule has 144 valence electrons. The van der Waals surface area contributed by atoms with Crippen LogP contribution >= 0.6 is 0 Å². The summed E-state index contributed by atoms with van der Waals surface area (Å²) < 4.78 is 5.06. The van der Waals surface area contributed by atoms with Gasteiger partial charge in [-0.05, 0) is 46.7 Å². The maximum Gasteiger partial charge on any atom is 0.220 e. The molecule has 28 heavy (non-hydrogen) atoms. The molecule has 1 amide bonds. The number of carbonyl (C=O) groups excluding carboxylic acids is 2. The number of aliphatic hydroxyl groups excluding tert-OH is 1. The zero-order valence-corrected chi connectivity index (χ0v) is 15.7. The number of ether oxygens (including phenoxy) is 1. The number of ketones is 1. The van der Waals surface area contributed by atoms with Crippen molar-refractivity contribution < 1.29 is 19.4 Å². The highest BCUT2D eigenvalue weighted by molar-refractivity contribution is 5.98. The summed E-state index contributed by atoms with van der Waals surface area (Å²) in [6.45, 7) is 0.105. The van der Waals surface area contributed by atoms with E-state index in [9.17, 15) is 14.7 Å². The van der Waals surface area contributed by atoms with Crippen molar-refractivity contribution in [2.75, 3.05) is 13.7 Å². The fourth-order valence-corrected chi connectivity index (χ4v) is 2.98. The van der Waals surface area contributed by atoms with Gasteiger partial charge in [0.05, 0.1) is 13.2 Å². The molecular weight excluding hydrogens is 354 g/mol. The van der Waals surface area contributed by atoms with Crippen LogP contribution in [0.5, 0.6) is 5.75 Å². The number of carbonyl (C=O) groups is 2. The Bertz CT molecular complexity index is 966. The van der Waals surface area contributed by atoms with Gasteiger partial charge >= 0.3 is 0 Å². The Morgan fingerprint density at radius 3 is 2.39 bits per heavy atom. The summed E-state index contributed by atoms with van der Waals surface area (Å²) in [5, 5.41) is 15.2. The van der Waals surface area contributed by atoms with Crippen LogP contribution in [0.25, 0.3) is 10.8 Å². The second-order valence-electron chi connectivity index (χ2n) is 6.58. The highest BCUT2D eigenvalue weighted by Crippen LogP contribution is 2.20. The van der Waals surface area contributed by atoms with Crippen molar-refractivity contribution in [1.82, 2.24) is 5.32 Å². The van der Waals surface area contributed by atoms with E-state index in [1.807, 2.05) is 42.5 Å². The fraction of sp³-hybridized carbons (Fsp3) is 0.217. The Labute approximate surface area is 164 Å². The molecular formula is C23H23NO4. The third-order valence-corrected chi connectivity index (χ3v) is 4.64. The van der Waals surface area contributed by atoms with E-state index in [0.29, 0.717) is 11.3 Å². The molecule has 0 aliphatic carbocycles. The van der Waals surface area contributed by atoms with Crippen LogP contribution in [0.4, 0.5) is 0 Å². The molecule has 1 atom stereocenters. The molecule has 0 aromatic heterocycles. The van der Waals surface area contributed by atoms with Gasteiger partial charge in [-0.15, -0.1) is 0 Å². The second kappa shape index (κ2) is 9.15. The van der Waals surface area contributed by atoms with Crippen LogP contribution in [0.2, 0.25) is 0 Å². The number of amides is 1. The van der Waals surface area contributed by atoms with Crippen LogP contribution < -0.4 is 10.1 Å². The molecule has 0 aliphatic heterocycles. The number of benzene rings is 3. The summed E-state index contributed by atoms with van der Waals surface area (Å²) in [6, 6.07) is 20.4. The lowest BCUT2D eigenvalue weighted by Crippen LogP contribution is -2.28. The maximum absolute atomic E-state index is 12.2. The van der Waals surface area contributed by atoms with E-state index in [1.54, 1.807) is 31.4 Å². The molecule has 0 saturated carbocycles. The molecule has 0 radical (unpaired) electrons. The van der Waals surface area contributed by atoms with Crippen LogP contribution in [-0.4, -0.2) is 30.5 Å². The number of aliphatic hydroxyl groups is 1. The fourth-order valence-electron chi connectivity index (χ4n) is 2.98. The molecule has 0 bridgehead atoms. The number of hydrogen-bond acceptors (Lipinski definition) is 4. The summed E-state index contributed by atoms with van der Waals surface area (Å²) in [4.78, 5) is 24.2. The molecule has 2 N–H and O–H groups in total. The number of fused-ring (bicyclic) bond motifs is 1. The first-order valence-corrected chi connectivity index (χ1v) is 9.17. The number of Topliss-reactive ketones (excluding diaryl/α,β-unsaturated/α-hetero) is 1. The van der Waals surface area contributed by atoms with Crippen LogP contribution in [-0.2, 0) is 4.79 Å². The van der Waals surface area contributed by atoms with E-state index < -0.39 is 6.10 Å². The summed E-state index contributed by atoms with van der Waals surface area (Å²) in [5.41, 5.74) is 1.29. The second-order valence-corrected chi connectivity index (χ2v) is 6.58. The van der Waals surface area contributed by atoms with Crippen LogP contribution in [0.3, 0.4) is 0 Å². The van der Waals surface area contributed by atoms with Gasteiger partial charge in [-0.25, -0.2) is 0 Å². The predicted octanol–water partition coefficient (Wildman–Crippen LogP) is 3.66. The van der Waals surface area contributed by atoms with Gasteiger partial charge in [0.2, 0.25) is 5.91 Å². The lowest BCUT2D eigenvalue weighted by Gasteiger charge is -2.13. The van der Waals surface area contributed by atoms with Gasteiger partial charge in [0.15, 0.2) is 5.78 Å². The number of nitrogens with one attached hydrogen (secondary N) is 1. The molecule has 0 heterocycles. The first-order chi connectivity index (χ1) is 13.6. The Hall–Kier alpha value is -3.18. The van der Waals surface area contributed by atoms with Gasteiger partial charge < -0.3 is 15.2 Å². The van der Waals surface area contributed by atoms with Gasteiger partial charge in [0, 0.05) is 24.9 Å². The van der Waals surface area contributed by atoms with Gasteiger partial charge in [-0.2, -0.15) is 0 Å². The van der Waals surface area contributed by atoms with Crippen molar-refractivity contribution in [2.24, 2.45) is 0 Å². The van der Waals surface area contributed by atoms with E-state index in [-0.39, 0.29) is 31.1 Å².